The van der Waals surface area contributed by atoms with Crippen molar-refractivity contribution in [2.24, 2.45) is 5.92 Å². The first-order valence-corrected chi connectivity index (χ1v) is 7.22. The highest BCUT2D eigenvalue weighted by Crippen LogP contribution is 2.46. The Hall–Kier alpha value is -1.55. The molecule has 0 amide bonds. The van der Waals surface area contributed by atoms with Gasteiger partial charge in [0.2, 0.25) is 11.7 Å². The van der Waals surface area contributed by atoms with E-state index in [1.807, 2.05) is 32.0 Å². The smallest absolute Gasteiger partial charge is 0.230 e. The van der Waals surface area contributed by atoms with Crippen molar-refractivity contribution in [1.29, 1.82) is 0 Å². The van der Waals surface area contributed by atoms with Crippen molar-refractivity contribution in [1.82, 2.24) is 10.1 Å². The number of nitrogens with zero attached hydrogens (tertiary/aromatic N) is 2. The fourth-order valence-electron chi connectivity index (χ4n) is 2.16. The Bertz CT molecular complexity index is 624. The summed E-state index contributed by atoms with van der Waals surface area (Å²) < 4.78 is 10.9. The van der Waals surface area contributed by atoms with Crippen LogP contribution in [0.25, 0.3) is 11.4 Å². The molecule has 1 fully saturated rings. The SMILES string of the molecule is CC(C)Oc1ccc(-c2noc(C3CC3C)n2)cc1Cl. The van der Waals surface area contributed by atoms with Crippen LogP contribution in [0, 0.1) is 5.92 Å². The molecule has 0 spiro atoms. The van der Waals surface area contributed by atoms with Gasteiger partial charge in [-0.05, 0) is 44.4 Å². The fourth-order valence-corrected chi connectivity index (χ4v) is 2.38. The van der Waals surface area contributed by atoms with Crippen molar-refractivity contribution in [3.05, 3.63) is 29.1 Å². The molecule has 2 unspecified atom stereocenters. The second-order valence-electron chi connectivity index (χ2n) is 5.59. The molecule has 3 rings (SSSR count). The molecule has 1 aliphatic rings. The first kappa shape index (κ1) is 13.4. The lowest BCUT2D eigenvalue weighted by Gasteiger charge is -2.11. The summed E-state index contributed by atoms with van der Waals surface area (Å²) in [5, 5.41) is 4.59. The minimum absolute atomic E-state index is 0.0893. The van der Waals surface area contributed by atoms with Gasteiger partial charge in [-0.3, -0.25) is 0 Å². The van der Waals surface area contributed by atoms with E-state index in [1.54, 1.807) is 0 Å². The van der Waals surface area contributed by atoms with Crippen LogP contribution < -0.4 is 4.74 Å². The Morgan fingerprint density at radius 3 is 2.75 bits per heavy atom. The molecule has 0 N–H and O–H groups in total. The molecule has 106 valence electrons. The average Bonchev–Trinajstić information content (AvgIpc) is 2.93. The Morgan fingerprint density at radius 1 is 1.40 bits per heavy atom. The highest BCUT2D eigenvalue weighted by molar-refractivity contribution is 6.32. The molecule has 0 bridgehead atoms. The molecule has 5 heteroatoms. The molecule has 1 aliphatic carbocycles. The summed E-state index contributed by atoms with van der Waals surface area (Å²) in [6, 6.07) is 5.55. The third-order valence-electron chi connectivity index (χ3n) is 3.42. The highest BCUT2D eigenvalue weighted by Gasteiger charge is 2.38. The monoisotopic (exact) mass is 292 g/mol. The van der Waals surface area contributed by atoms with Crippen molar-refractivity contribution < 1.29 is 9.26 Å². The van der Waals surface area contributed by atoms with Crippen molar-refractivity contribution in [2.75, 3.05) is 0 Å². The Kier molecular flexibility index (Phi) is 3.42. The largest absolute Gasteiger partial charge is 0.489 e. The van der Waals surface area contributed by atoms with Gasteiger partial charge in [-0.2, -0.15) is 4.98 Å². The quantitative estimate of drug-likeness (QED) is 0.843. The Labute approximate surface area is 123 Å². The lowest BCUT2D eigenvalue weighted by Crippen LogP contribution is -2.05. The summed E-state index contributed by atoms with van der Waals surface area (Å²) in [7, 11) is 0. The predicted octanol–water partition coefficient (Wildman–Crippen LogP) is 4.30. The molecule has 1 aromatic heterocycles. The molecule has 1 saturated carbocycles. The lowest BCUT2D eigenvalue weighted by atomic mass is 10.2. The van der Waals surface area contributed by atoms with Crippen LogP contribution in [0.15, 0.2) is 22.7 Å². The molecule has 1 aromatic carbocycles. The maximum absolute atomic E-state index is 6.22. The standard InChI is InChI=1S/C15H17ClN2O2/c1-8(2)19-13-5-4-10(7-12(13)16)14-17-15(20-18-14)11-6-9(11)3/h4-5,7-9,11H,6H2,1-3H3. The minimum atomic E-state index is 0.0893. The predicted molar refractivity (Wildman–Crippen MR) is 77.0 cm³/mol. The van der Waals surface area contributed by atoms with Gasteiger partial charge in [-0.1, -0.05) is 23.7 Å². The molecule has 1 heterocycles. The van der Waals surface area contributed by atoms with Crippen molar-refractivity contribution in [3.8, 4) is 17.1 Å². The minimum Gasteiger partial charge on any atom is -0.489 e. The second-order valence-corrected chi connectivity index (χ2v) is 5.99. The molecular weight excluding hydrogens is 276 g/mol. The van der Waals surface area contributed by atoms with Crippen LogP contribution in [0.3, 0.4) is 0 Å². The summed E-state index contributed by atoms with van der Waals surface area (Å²) in [4.78, 5) is 4.45. The molecule has 20 heavy (non-hydrogen) atoms. The highest BCUT2D eigenvalue weighted by atomic mass is 35.5. The third kappa shape index (κ3) is 2.66. The van der Waals surface area contributed by atoms with Crippen LogP contribution in [0.2, 0.25) is 5.02 Å². The van der Waals surface area contributed by atoms with Crippen molar-refractivity contribution in [3.63, 3.8) is 0 Å². The number of halogens is 1. The summed E-state index contributed by atoms with van der Waals surface area (Å²) in [5.74, 6) is 3.05. The lowest BCUT2D eigenvalue weighted by molar-refractivity contribution is 0.242. The average molecular weight is 293 g/mol. The molecule has 0 radical (unpaired) electrons. The van der Waals surface area contributed by atoms with E-state index < -0.39 is 0 Å². The van der Waals surface area contributed by atoms with Crippen LogP contribution in [0.1, 0.15) is 39.0 Å². The normalized spacial score (nSPS) is 21.2. The van der Waals surface area contributed by atoms with Gasteiger partial charge in [0.25, 0.3) is 0 Å². The van der Waals surface area contributed by atoms with E-state index in [4.69, 9.17) is 20.9 Å². The van der Waals surface area contributed by atoms with Gasteiger partial charge in [0, 0.05) is 11.5 Å². The number of benzene rings is 1. The van der Waals surface area contributed by atoms with Crippen LogP contribution in [0.5, 0.6) is 5.75 Å². The van der Waals surface area contributed by atoms with E-state index in [2.05, 4.69) is 17.1 Å². The number of hydrogen-bond acceptors (Lipinski definition) is 4. The van der Waals surface area contributed by atoms with Crippen LogP contribution in [-0.4, -0.2) is 16.2 Å². The van der Waals surface area contributed by atoms with Gasteiger partial charge >= 0.3 is 0 Å². The van der Waals surface area contributed by atoms with Gasteiger partial charge < -0.3 is 9.26 Å². The molecule has 2 aromatic rings. The molecule has 0 saturated heterocycles. The summed E-state index contributed by atoms with van der Waals surface area (Å²) in [5.41, 5.74) is 0.842. The zero-order valence-corrected chi connectivity index (χ0v) is 12.5. The van der Waals surface area contributed by atoms with Crippen molar-refractivity contribution >= 4 is 11.6 Å². The van der Waals surface area contributed by atoms with E-state index in [-0.39, 0.29) is 6.10 Å². The Morgan fingerprint density at radius 2 is 2.15 bits per heavy atom. The number of ether oxygens (including phenoxy) is 1. The topological polar surface area (TPSA) is 48.2 Å². The third-order valence-corrected chi connectivity index (χ3v) is 3.72. The van der Waals surface area contributed by atoms with E-state index >= 15 is 0 Å². The van der Waals surface area contributed by atoms with E-state index in [0.717, 1.165) is 17.9 Å². The van der Waals surface area contributed by atoms with Crippen LogP contribution >= 0.6 is 11.6 Å². The van der Waals surface area contributed by atoms with E-state index in [9.17, 15) is 0 Å². The molecule has 2 atom stereocenters. The molecule has 0 aliphatic heterocycles. The number of hydrogen-bond donors (Lipinski definition) is 0. The zero-order chi connectivity index (χ0) is 14.3. The first-order valence-electron chi connectivity index (χ1n) is 6.84. The first-order chi connectivity index (χ1) is 9.54. The maximum Gasteiger partial charge on any atom is 0.230 e. The van der Waals surface area contributed by atoms with Gasteiger partial charge in [-0.25, -0.2) is 0 Å². The van der Waals surface area contributed by atoms with Crippen molar-refractivity contribution in [2.45, 2.75) is 39.2 Å². The Balaban J connectivity index is 1.83. The summed E-state index contributed by atoms with van der Waals surface area (Å²) in [6.07, 6.45) is 1.22. The van der Waals surface area contributed by atoms with Crippen LogP contribution in [0.4, 0.5) is 0 Å². The molecule has 4 nitrogen and oxygen atoms in total. The number of aromatic nitrogens is 2. The molecular formula is C15H17ClN2O2. The van der Waals surface area contributed by atoms with Gasteiger partial charge in [0.05, 0.1) is 11.1 Å². The summed E-state index contributed by atoms with van der Waals surface area (Å²) in [6.45, 7) is 6.11. The summed E-state index contributed by atoms with van der Waals surface area (Å²) >= 11 is 6.22. The number of rotatable bonds is 4. The van der Waals surface area contributed by atoms with Gasteiger partial charge in [0.15, 0.2) is 0 Å². The van der Waals surface area contributed by atoms with E-state index in [1.165, 1.54) is 0 Å². The van der Waals surface area contributed by atoms with Crippen LogP contribution in [-0.2, 0) is 0 Å². The fraction of sp³-hybridized carbons (Fsp3) is 0.467. The van der Waals surface area contributed by atoms with Gasteiger partial charge in [-0.15, -0.1) is 0 Å². The zero-order valence-electron chi connectivity index (χ0n) is 11.8. The van der Waals surface area contributed by atoms with Gasteiger partial charge in [0.1, 0.15) is 5.75 Å². The van der Waals surface area contributed by atoms with E-state index in [0.29, 0.717) is 28.4 Å². The second kappa shape index (κ2) is 5.09. The maximum atomic E-state index is 6.22.